The lowest BCUT2D eigenvalue weighted by Gasteiger charge is -2.42. The van der Waals surface area contributed by atoms with Crippen molar-refractivity contribution in [3.8, 4) is 0 Å². The molecular formula is C45H82O15. The number of ether oxygens (including phenoxy) is 6. The first-order valence-electron chi connectivity index (χ1n) is 23.3. The Morgan fingerprint density at radius 3 is 1.48 bits per heavy atom. The number of hydrogen-bond donors (Lipinski definition) is 7. The molecule has 0 aromatic carbocycles. The largest absolute Gasteiger partial charge is 0.462 e. The topological polar surface area (TPSA) is 231 Å². The Hall–Kier alpha value is -1.76. The number of unbranched alkanes of at least 4 members (excludes halogenated alkanes) is 19. The highest BCUT2D eigenvalue weighted by molar-refractivity contribution is 5.70. The molecule has 2 saturated heterocycles. The van der Waals surface area contributed by atoms with Gasteiger partial charge in [0.15, 0.2) is 18.7 Å². The van der Waals surface area contributed by atoms with E-state index in [4.69, 9.17) is 28.4 Å². The molecule has 2 heterocycles. The number of carbonyl (C=O) groups is 2. The van der Waals surface area contributed by atoms with Gasteiger partial charge in [-0.3, -0.25) is 9.59 Å². The summed E-state index contributed by atoms with van der Waals surface area (Å²) in [6.07, 6.45) is 12.6. The van der Waals surface area contributed by atoms with Crippen LogP contribution in [0, 0.1) is 0 Å². The van der Waals surface area contributed by atoms with Crippen LogP contribution < -0.4 is 0 Å². The summed E-state index contributed by atoms with van der Waals surface area (Å²) in [6.45, 7) is 2.54. The molecule has 2 rings (SSSR count). The zero-order valence-corrected chi connectivity index (χ0v) is 36.7. The van der Waals surface area contributed by atoms with Crippen molar-refractivity contribution in [2.75, 3.05) is 26.4 Å². The zero-order valence-electron chi connectivity index (χ0n) is 36.7. The van der Waals surface area contributed by atoms with Crippen LogP contribution in [0.4, 0.5) is 0 Å². The fraction of sp³-hybridized carbons (Fsp3) is 0.911. The fourth-order valence-electron chi connectivity index (χ4n) is 7.33. The third-order valence-corrected chi connectivity index (χ3v) is 11.2. The molecule has 11 atom stereocenters. The normalized spacial score (nSPS) is 27.6. The number of esters is 2. The molecule has 2 aliphatic heterocycles. The molecule has 15 nitrogen and oxygen atoms in total. The molecular weight excluding hydrogens is 780 g/mol. The first-order chi connectivity index (χ1) is 29.0. The molecule has 0 saturated carbocycles. The van der Waals surface area contributed by atoms with E-state index in [1.807, 2.05) is 0 Å². The molecule has 0 radical (unpaired) electrons. The number of carbonyl (C=O) groups excluding carboxylic acids is 2. The molecule has 0 amide bonds. The van der Waals surface area contributed by atoms with Crippen LogP contribution in [0.5, 0.6) is 0 Å². The van der Waals surface area contributed by atoms with Gasteiger partial charge >= 0.3 is 11.9 Å². The molecule has 0 aromatic rings. The van der Waals surface area contributed by atoms with Crippen LogP contribution in [0.25, 0.3) is 0 Å². The van der Waals surface area contributed by atoms with Crippen molar-refractivity contribution >= 4 is 11.9 Å². The first kappa shape index (κ1) is 54.4. The second-order valence-electron chi connectivity index (χ2n) is 16.6. The van der Waals surface area contributed by atoms with E-state index < -0.39 is 92.7 Å². The predicted octanol–water partition coefficient (Wildman–Crippen LogP) is 5.04. The van der Waals surface area contributed by atoms with Crippen LogP contribution in [-0.2, 0) is 38.0 Å². The predicted molar refractivity (Wildman–Crippen MR) is 224 cm³/mol. The van der Waals surface area contributed by atoms with Crippen LogP contribution in [0.3, 0.4) is 0 Å². The van der Waals surface area contributed by atoms with Crippen molar-refractivity contribution in [2.45, 2.75) is 235 Å². The van der Waals surface area contributed by atoms with Gasteiger partial charge in [-0.15, -0.1) is 0 Å². The van der Waals surface area contributed by atoms with Crippen LogP contribution in [0.2, 0.25) is 0 Å². The lowest BCUT2D eigenvalue weighted by atomic mass is 9.98. The minimum atomic E-state index is -1.76. The maximum atomic E-state index is 12.9. The Balaban J connectivity index is 1.85. The van der Waals surface area contributed by atoms with E-state index in [2.05, 4.69) is 26.0 Å². The maximum Gasteiger partial charge on any atom is 0.306 e. The minimum Gasteiger partial charge on any atom is -0.462 e. The van der Waals surface area contributed by atoms with E-state index in [0.717, 1.165) is 57.8 Å². The summed E-state index contributed by atoms with van der Waals surface area (Å²) < 4.78 is 33.4. The smallest absolute Gasteiger partial charge is 0.306 e. The van der Waals surface area contributed by atoms with Gasteiger partial charge in [-0.2, -0.15) is 0 Å². The van der Waals surface area contributed by atoms with Gasteiger partial charge in [0.05, 0.1) is 19.8 Å². The summed E-state index contributed by atoms with van der Waals surface area (Å²) in [5.74, 6) is -0.932. The van der Waals surface area contributed by atoms with Crippen LogP contribution in [-0.4, -0.2) is 142 Å². The third kappa shape index (κ3) is 22.5. The van der Waals surface area contributed by atoms with Crippen LogP contribution >= 0.6 is 0 Å². The molecule has 60 heavy (non-hydrogen) atoms. The van der Waals surface area contributed by atoms with Gasteiger partial charge in [-0.25, -0.2) is 0 Å². The number of allylic oxidation sites excluding steroid dienone is 2. The highest BCUT2D eigenvalue weighted by atomic mass is 16.7. The van der Waals surface area contributed by atoms with E-state index in [0.29, 0.717) is 12.8 Å². The lowest BCUT2D eigenvalue weighted by molar-refractivity contribution is -0.332. The molecule has 2 aliphatic rings. The second kappa shape index (κ2) is 33.8. The highest BCUT2D eigenvalue weighted by Gasteiger charge is 2.47. The summed E-state index contributed by atoms with van der Waals surface area (Å²) in [5.41, 5.74) is 0. The summed E-state index contributed by atoms with van der Waals surface area (Å²) in [4.78, 5) is 25.6. The summed E-state index contributed by atoms with van der Waals surface area (Å²) in [7, 11) is 0. The van der Waals surface area contributed by atoms with Gasteiger partial charge in [0.2, 0.25) is 0 Å². The molecule has 0 bridgehead atoms. The SMILES string of the molecule is CCCCCCC=CCCCCCCCC(=O)OCC(COC1OC(COC2OC(CO)C(O)C(O)C2O)C(O)C(O)C1O)OC(=O)CCCCCCCCCCCCC. The fourth-order valence-corrected chi connectivity index (χ4v) is 7.33. The van der Waals surface area contributed by atoms with E-state index in [-0.39, 0.29) is 26.1 Å². The second-order valence-corrected chi connectivity index (χ2v) is 16.6. The van der Waals surface area contributed by atoms with Gasteiger partial charge in [-0.05, 0) is 38.5 Å². The Kier molecular flexibility index (Phi) is 30.6. The van der Waals surface area contributed by atoms with Crippen molar-refractivity contribution < 1.29 is 73.8 Å². The quantitative estimate of drug-likeness (QED) is 0.0252. The molecule has 352 valence electrons. The maximum absolute atomic E-state index is 12.9. The average molecular weight is 863 g/mol. The van der Waals surface area contributed by atoms with Crippen molar-refractivity contribution in [2.24, 2.45) is 0 Å². The summed E-state index contributed by atoms with van der Waals surface area (Å²) in [6, 6.07) is 0. The highest BCUT2D eigenvalue weighted by Crippen LogP contribution is 2.26. The Morgan fingerprint density at radius 1 is 0.517 bits per heavy atom. The van der Waals surface area contributed by atoms with Crippen molar-refractivity contribution in [3.05, 3.63) is 12.2 Å². The first-order valence-corrected chi connectivity index (χ1v) is 23.3. The average Bonchev–Trinajstić information content (AvgIpc) is 3.24. The van der Waals surface area contributed by atoms with Gasteiger partial charge < -0.3 is 64.2 Å². The molecule has 0 aromatic heterocycles. The van der Waals surface area contributed by atoms with E-state index in [1.54, 1.807) is 0 Å². The van der Waals surface area contributed by atoms with Crippen LogP contribution in [0.1, 0.15) is 168 Å². The van der Waals surface area contributed by atoms with Crippen molar-refractivity contribution in [3.63, 3.8) is 0 Å². The molecule has 7 N–H and O–H groups in total. The third-order valence-electron chi connectivity index (χ3n) is 11.2. The number of aliphatic hydroxyl groups is 7. The standard InChI is InChI=1S/C45H82O15/c1-3-5-7-9-11-13-15-16-18-19-21-23-25-27-36(47)55-30-33(58-37(48)28-26-24-22-20-17-14-12-10-8-6-4-2)31-56-44-43(54)41(52)39(50)35(60-44)32-57-45-42(53)40(51)38(49)34(29-46)59-45/h13,15,33-35,38-46,49-54H,3-12,14,16-32H2,1-2H3. The van der Waals surface area contributed by atoms with Crippen molar-refractivity contribution in [1.82, 2.24) is 0 Å². The van der Waals surface area contributed by atoms with Gasteiger partial charge in [0.1, 0.15) is 55.4 Å². The van der Waals surface area contributed by atoms with Gasteiger partial charge in [-0.1, -0.05) is 129 Å². The Labute approximate surface area is 359 Å². The van der Waals surface area contributed by atoms with Gasteiger partial charge in [0, 0.05) is 12.8 Å². The van der Waals surface area contributed by atoms with Crippen molar-refractivity contribution in [1.29, 1.82) is 0 Å². The number of hydrogen-bond acceptors (Lipinski definition) is 15. The molecule has 11 unspecified atom stereocenters. The molecule has 2 fully saturated rings. The molecule has 15 heteroatoms. The Bertz CT molecular complexity index is 1110. The molecule has 0 spiro atoms. The number of aliphatic hydroxyl groups excluding tert-OH is 7. The number of rotatable bonds is 35. The summed E-state index contributed by atoms with van der Waals surface area (Å²) in [5, 5.41) is 71.8. The van der Waals surface area contributed by atoms with E-state index >= 15 is 0 Å². The Morgan fingerprint density at radius 2 is 0.950 bits per heavy atom. The lowest BCUT2D eigenvalue weighted by Crippen LogP contribution is -2.61. The minimum absolute atomic E-state index is 0.168. The monoisotopic (exact) mass is 863 g/mol. The van der Waals surface area contributed by atoms with E-state index in [9.17, 15) is 45.3 Å². The van der Waals surface area contributed by atoms with E-state index in [1.165, 1.54) is 70.6 Å². The zero-order chi connectivity index (χ0) is 44.0. The van der Waals surface area contributed by atoms with Gasteiger partial charge in [0.25, 0.3) is 0 Å². The van der Waals surface area contributed by atoms with Crippen LogP contribution in [0.15, 0.2) is 12.2 Å². The molecule has 0 aliphatic carbocycles. The summed E-state index contributed by atoms with van der Waals surface area (Å²) >= 11 is 0.